The first-order valence-corrected chi connectivity index (χ1v) is 5.99. The number of nitrogens with one attached hydrogen (secondary N) is 1. The van der Waals surface area contributed by atoms with Gasteiger partial charge in [-0.1, -0.05) is 6.07 Å². The molecule has 1 unspecified atom stereocenters. The van der Waals surface area contributed by atoms with E-state index in [4.69, 9.17) is 4.74 Å². The van der Waals surface area contributed by atoms with E-state index in [9.17, 15) is 4.39 Å². The van der Waals surface area contributed by atoms with Gasteiger partial charge in [0.1, 0.15) is 12.2 Å². The number of nitrogens with zero attached hydrogens (tertiary/aromatic N) is 3. The minimum absolute atomic E-state index is 0.0254. The van der Waals surface area contributed by atoms with Crippen LogP contribution in [0.2, 0.25) is 0 Å². The molecule has 0 spiro atoms. The number of aryl methyl sites for hydroxylation is 1. The Balaban J connectivity index is 2.24. The van der Waals surface area contributed by atoms with Crippen molar-refractivity contribution in [2.45, 2.75) is 12.5 Å². The summed E-state index contributed by atoms with van der Waals surface area (Å²) in [6, 6.07) is 4.88. The number of hydrogen-bond donors (Lipinski definition) is 1. The molecule has 102 valence electrons. The third kappa shape index (κ3) is 2.90. The molecule has 1 heterocycles. The molecule has 0 aliphatic rings. The van der Waals surface area contributed by atoms with Gasteiger partial charge in [0.25, 0.3) is 0 Å². The second kappa shape index (κ2) is 5.79. The fourth-order valence-electron chi connectivity index (χ4n) is 1.97. The number of hydrogen-bond acceptors (Lipinski definition) is 4. The summed E-state index contributed by atoms with van der Waals surface area (Å²) in [6.45, 7) is 0. The van der Waals surface area contributed by atoms with Gasteiger partial charge >= 0.3 is 0 Å². The molecular weight excluding hydrogens is 247 g/mol. The lowest BCUT2D eigenvalue weighted by molar-refractivity contribution is 0.384. The number of ether oxygens (including phenoxy) is 1. The Morgan fingerprint density at radius 3 is 2.84 bits per heavy atom. The molecule has 2 rings (SSSR count). The van der Waals surface area contributed by atoms with Gasteiger partial charge in [-0.15, -0.1) is 0 Å². The van der Waals surface area contributed by atoms with Crippen LogP contribution in [-0.2, 0) is 13.5 Å². The number of rotatable bonds is 5. The van der Waals surface area contributed by atoms with E-state index < -0.39 is 0 Å². The molecule has 5 nitrogen and oxygen atoms in total. The second-order valence-electron chi connectivity index (χ2n) is 4.24. The first-order chi connectivity index (χ1) is 9.15. The predicted octanol–water partition coefficient (Wildman–Crippen LogP) is 1.47. The summed E-state index contributed by atoms with van der Waals surface area (Å²) in [5, 5.41) is 7.23. The van der Waals surface area contributed by atoms with Crippen molar-refractivity contribution >= 4 is 0 Å². The number of likely N-dealkylation sites (N-methyl/N-ethyl adjacent to an activating group) is 1. The number of aromatic nitrogens is 3. The van der Waals surface area contributed by atoms with Crippen molar-refractivity contribution in [1.82, 2.24) is 20.1 Å². The first kappa shape index (κ1) is 13.5. The topological polar surface area (TPSA) is 52.0 Å². The summed E-state index contributed by atoms with van der Waals surface area (Å²) in [5.74, 6) is 0.748. The van der Waals surface area contributed by atoms with Gasteiger partial charge in [0.2, 0.25) is 0 Å². The third-order valence-corrected chi connectivity index (χ3v) is 3.12. The van der Waals surface area contributed by atoms with Crippen molar-refractivity contribution in [3.8, 4) is 5.75 Å². The maximum absolute atomic E-state index is 13.4. The molecule has 0 saturated heterocycles. The van der Waals surface area contributed by atoms with Crippen LogP contribution in [0.5, 0.6) is 5.75 Å². The van der Waals surface area contributed by atoms with Crippen molar-refractivity contribution < 1.29 is 9.13 Å². The maximum Gasteiger partial charge on any atom is 0.165 e. The third-order valence-electron chi connectivity index (χ3n) is 3.12. The molecular formula is C13H17FN4O. The molecule has 19 heavy (non-hydrogen) atoms. The van der Waals surface area contributed by atoms with E-state index in [0.717, 1.165) is 11.4 Å². The molecule has 0 radical (unpaired) electrons. The summed E-state index contributed by atoms with van der Waals surface area (Å²) in [4.78, 5) is 4.20. The first-order valence-electron chi connectivity index (χ1n) is 5.99. The minimum atomic E-state index is -0.361. The lowest BCUT2D eigenvalue weighted by Gasteiger charge is -2.17. The molecule has 0 saturated carbocycles. The van der Waals surface area contributed by atoms with Crippen molar-refractivity contribution in [3.63, 3.8) is 0 Å². The van der Waals surface area contributed by atoms with Crippen LogP contribution in [0.15, 0.2) is 24.5 Å². The highest BCUT2D eigenvalue weighted by molar-refractivity contribution is 5.32. The molecule has 6 heteroatoms. The Kier molecular flexibility index (Phi) is 4.11. The largest absolute Gasteiger partial charge is 0.494 e. The Morgan fingerprint density at radius 1 is 1.47 bits per heavy atom. The van der Waals surface area contributed by atoms with Gasteiger partial charge < -0.3 is 10.1 Å². The fraction of sp³-hybridized carbons (Fsp3) is 0.385. The van der Waals surface area contributed by atoms with Crippen molar-refractivity contribution in [2.75, 3.05) is 14.2 Å². The highest BCUT2D eigenvalue weighted by atomic mass is 19.1. The summed E-state index contributed by atoms with van der Waals surface area (Å²) in [6.07, 6.45) is 2.19. The zero-order valence-electron chi connectivity index (χ0n) is 11.2. The van der Waals surface area contributed by atoms with Gasteiger partial charge in [-0.25, -0.2) is 9.37 Å². The smallest absolute Gasteiger partial charge is 0.165 e. The second-order valence-corrected chi connectivity index (χ2v) is 4.24. The van der Waals surface area contributed by atoms with Crippen LogP contribution < -0.4 is 10.1 Å². The lowest BCUT2D eigenvalue weighted by Crippen LogP contribution is -2.20. The van der Waals surface area contributed by atoms with Crippen LogP contribution in [0, 0.1) is 5.82 Å². The quantitative estimate of drug-likeness (QED) is 0.888. The van der Waals surface area contributed by atoms with Crippen LogP contribution >= 0.6 is 0 Å². The molecule has 0 aliphatic carbocycles. The van der Waals surface area contributed by atoms with Gasteiger partial charge in [0.15, 0.2) is 11.6 Å². The van der Waals surface area contributed by atoms with E-state index in [1.807, 2.05) is 14.1 Å². The molecule has 1 aromatic carbocycles. The maximum atomic E-state index is 13.4. The van der Waals surface area contributed by atoms with Crippen molar-refractivity contribution in [2.24, 2.45) is 7.05 Å². The average Bonchev–Trinajstić information content (AvgIpc) is 2.82. The Labute approximate surface area is 111 Å². The summed E-state index contributed by atoms with van der Waals surface area (Å²) < 4.78 is 20.1. The molecule has 1 aromatic heterocycles. The van der Waals surface area contributed by atoms with Crippen LogP contribution in [0.1, 0.15) is 17.4 Å². The average molecular weight is 264 g/mol. The minimum Gasteiger partial charge on any atom is -0.494 e. The standard InChI is InChI=1S/C13H17FN4O/c1-15-11(7-13-16-8-17-18(13)2)9-4-5-10(14)12(6-9)19-3/h4-6,8,11,15H,7H2,1-3H3. The van der Waals surface area contributed by atoms with Crippen LogP contribution in [-0.4, -0.2) is 28.9 Å². The fourth-order valence-corrected chi connectivity index (χ4v) is 1.97. The molecule has 0 aliphatic heterocycles. The van der Waals surface area contributed by atoms with Gasteiger partial charge in [0, 0.05) is 19.5 Å². The van der Waals surface area contributed by atoms with E-state index in [1.54, 1.807) is 16.8 Å². The zero-order valence-corrected chi connectivity index (χ0v) is 11.2. The van der Waals surface area contributed by atoms with Crippen molar-refractivity contribution in [3.05, 3.63) is 41.7 Å². The number of methoxy groups -OCH3 is 1. The Morgan fingerprint density at radius 2 is 2.26 bits per heavy atom. The van der Waals surface area contributed by atoms with E-state index in [0.29, 0.717) is 6.42 Å². The van der Waals surface area contributed by atoms with E-state index in [1.165, 1.54) is 19.5 Å². The number of benzene rings is 1. The summed E-state index contributed by atoms with van der Waals surface area (Å²) >= 11 is 0. The summed E-state index contributed by atoms with van der Waals surface area (Å²) in [7, 11) is 5.16. The molecule has 0 fully saturated rings. The van der Waals surface area contributed by atoms with Crippen LogP contribution in [0.3, 0.4) is 0 Å². The van der Waals surface area contributed by atoms with Gasteiger partial charge in [-0.2, -0.15) is 5.10 Å². The normalized spacial score (nSPS) is 12.4. The highest BCUT2D eigenvalue weighted by Crippen LogP contribution is 2.24. The van der Waals surface area contributed by atoms with Gasteiger partial charge in [-0.05, 0) is 24.7 Å². The highest BCUT2D eigenvalue weighted by Gasteiger charge is 2.15. The molecule has 0 bridgehead atoms. The van der Waals surface area contributed by atoms with Crippen molar-refractivity contribution in [1.29, 1.82) is 0 Å². The van der Waals surface area contributed by atoms with Gasteiger partial charge in [-0.3, -0.25) is 4.68 Å². The SMILES string of the molecule is CNC(Cc1ncnn1C)c1ccc(F)c(OC)c1. The molecule has 1 atom stereocenters. The van der Waals surface area contributed by atoms with E-state index in [2.05, 4.69) is 15.4 Å². The van der Waals surface area contributed by atoms with Gasteiger partial charge in [0.05, 0.1) is 7.11 Å². The monoisotopic (exact) mass is 264 g/mol. The predicted molar refractivity (Wildman–Crippen MR) is 69.5 cm³/mol. The van der Waals surface area contributed by atoms with Crippen LogP contribution in [0.25, 0.3) is 0 Å². The van der Waals surface area contributed by atoms with E-state index in [-0.39, 0.29) is 17.6 Å². The lowest BCUT2D eigenvalue weighted by atomic mass is 10.0. The van der Waals surface area contributed by atoms with Crippen LogP contribution in [0.4, 0.5) is 4.39 Å². The molecule has 2 aromatic rings. The number of halogens is 1. The Hall–Kier alpha value is -1.95. The van der Waals surface area contributed by atoms with E-state index >= 15 is 0 Å². The summed E-state index contributed by atoms with van der Waals surface area (Å²) in [5.41, 5.74) is 0.948. The molecule has 0 amide bonds. The zero-order chi connectivity index (χ0) is 13.8. The molecule has 1 N–H and O–H groups in total. The Bertz CT molecular complexity index is 555.